The first kappa shape index (κ1) is 22.6. The summed E-state index contributed by atoms with van der Waals surface area (Å²) in [5.74, 6) is -0.735. The van der Waals surface area contributed by atoms with Crippen molar-refractivity contribution >= 4 is 16.4 Å². The molecular weight excluding hydrogens is 294 g/mol. The van der Waals surface area contributed by atoms with Crippen molar-refractivity contribution in [3.8, 4) is 0 Å². The lowest BCUT2D eigenvalue weighted by Gasteiger charge is -2.04. The van der Waals surface area contributed by atoms with Gasteiger partial charge >= 0.3 is 16.4 Å². The molecule has 0 radical (unpaired) electrons. The molecule has 0 unspecified atom stereocenters. The predicted molar refractivity (Wildman–Crippen MR) is 83.5 cm³/mol. The topological polar surface area (TPSA) is 105 Å². The van der Waals surface area contributed by atoms with Crippen LogP contribution in [0.2, 0.25) is 0 Å². The summed E-state index contributed by atoms with van der Waals surface area (Å²) in [6, 6.07) is 0. The molecule has 0 aliphatic rings. The largest absolute Gasteiger partial charge is 0.451 e. The van der Waals surface area contributed by atoms with E-state index in [9.17, 15) is 13.2 Å². The van der Waals surface area contributed by atoms with Crippen LogP contribution < -0.4 is 6.15 Å². The van der Waals surface area contributed by atoms with Gasteiger partial charge in [-0.2, -0.15) is 8.42 Å². The summed E-state index contributed by atoms with van der Waals surface area (Å²) in [7, 11) is -4.14. The number of carbonyl (C=O) groups is 1. The maximum Gasteiger partial charge on any atom is 0.451 e. The van der Waals surface area contributed by atoms with Crippen molar-refractivity contribution in [2.24, 2.45) is 0 Å². The molecule has 0 spiro atoms. The van der Waals surface area contributed by atoms with E-state index in [0.29, 0.717) is 6.42 Å². The molecule has 0 heterocycles. The van der Waals surface area contributed by atoms with Crippen molar-refractivity contribution in [2.75, 3.05) is 6.61 Å². The monoisotopic (exact) mass is 325 g/mol. The fourth-order valence-electron chi connectivity index (χ4n) is 1.90. The third-order valence-electron chi connectivity index (χ3n) is 2.94. The second-order valence-electron chi connectivity index (χ2n) is 4.85. The Morgan fingerprint density at radius 1 is 0.857 bits per heavy atom. The van der Waals surface area contributed by atoms with Crippen LogP contribution >= 0.6 is 0 Å². The molecule has 0 rings (SSSR count). The highest BCUT2D eigenvalue weighted by Crippen LogP contribution is 2.11. The van der Waals surface area contributed by atoms with Crippen molar-refractivity contribution in [3.05, 3.63) is 0 Å². The van der Waals surface area contributed by atoms with E-state index in [4.69, 9.17) is 0 Å². The number of hydrogen-bond donors (Lipinski definition) is 1. The fraction of sp³-hybridized carbons (Fsp3) is 0.929. The smallest absolute Gasteiger partial charge is 0.344 e. The second-order valence-corrected chi connectivity index (χ2v) is 6.07. The average Bonchev–Trinajstić information content (AvgIpc) is 2.36. The van der Waals surface area contributed by atoms with Gasteiger partial charge in [0.25, 0.3) is 0 Å². The molecule has 0 atom stereocenters. The van der Waals surface area contributed by atoms with Gasteiger partial charge in [0.05, 0.1) is 6.61 Å². The highest BCUT2D eigenvalue weighted by atomic mass is 32.3. The summed E-state index contributed by atoms with van der Waals surface area (Å²) in [6.07, 6.45) is 10.4. The highest BCUT2D eigenvalue weighted by molar-refractivity contribution is 7.82. The first-order valence-corrected chi connectivity index (χ1v) is 8.96. The Bertz CT molecular complexity index is 343. The SMILES string of the molecule is CCCCCCCCCCCC(=O)OS(=O)(=O)OCC.N. The van der Waals surface area contributed by atoms with E-state index in [1.165, 1.54) is 45.4 Å². The quantitative estimate of drug-likeness (QED) is 0.515. The van der Waals surface area contributed by atoms with Gasteiger partial charge in [0.1, 0.15) is 0 Å². The van der Waals surface area contributed by atoms with Gasteiger partial charge in [0, 0.05) is 6.42 Å². The van der Waals surface area contributed by atoms with E-state index in [1.807, 2.05) is 0 Å². The lowest BCUT2D eigenvalue weighted by Crippen LogP contribution is -2.15. The summed E-state index contributed by atoms with van der Waals surface area (Å²) in [5, 5.41) is 0. The van der Waals surface area contributed by atoms with Crippen LogP contribution in [0.1, 0.15) is 78.1 Å². The van der Waals surface area contributed by atoms with Crippen LogP contribution in [-0.4, -0.2) is 21.0 Å². The van der Waals surface area contributed by atoms with Crippen molar-refractivity contribution < 1.29 is 21.6 Å². The molecule has 21 heavy (non-hydrogen) atoms. The van der Waals surface area contributed by atoms with Gasteiger partial charge in [-0.25, -0.2) is 4.18 Å². The molecule has 0 saturated carbocycles. The van der Waals surface area contributed by atoms with E-state index in [2.05, 4.69) is 15.3 Å². The van der Waals surface area contributed by atoms with E-state index in [1.54, 1.807) is 0 Å². The summed E-state index contributed by atoms with van der Waals surface area (Å²) in [6.45, 7) is 3.68. The molecule has 0 aromatic rings. The Kier molecular flexibility index (Phi) is 15.4. The highest BCUT2D eigenvalue weighted by Gasteiger charge is 2.16. The molecule has 0 aliphatic heterocycles. The summed E-state index contributed by atoms with van der Waals surface area (Å²) in [4.78, 5) is 11.3. The van der Waals surface area contributed by atoms with Crippen LogP contribution in [0.4, 0.5) is 0 Å². The molecular formula is C14H31NO5S. The zero-order valence-corrected chi connectivity index (χ0v) is 14.3. The predicted octanol–water partition coefficient (Wildman–Crippen LogP) is 3.89. The summed E-state index contributed by atoms with van der Waals surface area (Å²) >= 11 is 0. The Hall–Kier alpha value is -0.660. The molecule has 0 saturated heterocycles. The Morgan fingerprint density at radius 2 is 1.33 bits per heavy atom. The third-order valence-corrected chi connectivity index (χ3v) is 3.86. The van der Waals surface area contributed by atoms with Crippen molar-refractivity contribution in [2.45, 2.75) is 78.1 Å². The lowest BCUT2D eigenvalue weighted by molar-refractivity contribution is -0.134. The lowest BCUT2D eigenvalue weighted by atomic mass is 10.1. The molecule has 0 aliphatic carbocycles. The Labute approximate surface area is 129 Å². The Morgan fingerprint density at radius 3 is 1.81 bits per heavy atom. The van der Waals surface area contributed by atoms with Gasteiger partial charge in [-0.1, -0.05) is 58.3 Å². The van der Waals surface area contributed by atoms with Gasteiger partial charge in [-0.05, 0) is 13.3 Å². The van der Waals surface area contributed by atoms with Gasteiger partial charge in [0.2, 0.25) is 0 Å². The fourth-order valence-corrected chi connectivity index (χ4v) is 2.55. The van der Waals surface area contributed by atoms with Crippen molar-refractivity contribution in [3.63, 3.8) is 0 Å². The van der Waals surface area contributed by atoms with Gasteiger partial charge in [0.15, 0.2) is 0 Å². The first-order chi connectivity index (χ1) is 9.52. The summed E-state index contributed by atoms with van der Waals surface area (Å²) in [5.41, 5.74) is 0. The van der Waals surface area contributed by atoms with Crippen LogP contribution in [0.3, 0.4) is 0 Å². The van der Waals surface area contributed by atoms with Crippen LogP contribution in [0, 0.1) is 0 Å². The molecule has 0 amide bonds. The van der Waals surface area contributed by atoms with Crippen LogP contribution in [0.15, 0.2) is 0 Å². The standard InChI is InChI=1S/C14H28O5S.H3N/c1-3-5-6-7-8-9-10-11-12-13-14(15)19-20(16,17)18-4-2;/h3-13H2,1-2H3;1H3. The molecule has 0 aromatic carbocycles. The summed E-state index contributed by atoms with van der Waals surface area (Å²) < 4.78 is 30.7. The van der Waals surface area contributed by atoms with Crippen LogP contribution in [-0.2, 0) is 23.6 Å². The van der Waals surface area contributed by atoms with E-state index in [-0.39, 0.29) is 19.2 Å². The molecule has 6 nitrogen and oxygen atoms in total. The number of hydrogen-bond acceptors (Lipinski definition) is 6. The molecule has 3 N–H and O–H groups in total. The molecule has 0 aromatic heterocycles. The van der Waals surface area contributed by atoms with Crippen LogP contribution in [0.25, 0.3) is 0 Å². The minimum Gasteiger partial charge on any atom is -0.344 e. The average molecular weight is 325 g/mol. The third kappa shape index (κ3) is 15.5. The number of rotatable bonds is 13. The van der Waals surface area contributed by atoms with E-state index >= 15 is 0 Å². The first-order valence-electron chi connectivity index (χ1n) is 7.63. The van der Waals surface area contributed by atoms with Crippen LogP contribution in [0.5, 0.6) is 0 Å². The zero-order chi connectivity index (χ0) is 15.3. The Balaban J connectivity index is 0. The van der Waals surface area contributed by atoms with Gasteiger partial charge < -0.3 is 10.3 Å². The van der Waals surface area contributed by atoms with Gasteiger partial charge in [-0.15, -0.1) is 0 Å². The zero-order valence-electron chi connectivity index (χ0n) is 13.4. The minimum absolute atomic E-state index is 0. The van der Waals surface area contributed by atoms with Crippen molar-refractivity contribution in [1.82, 2.24) is 6.15 Å². The molecule has 0 bridgehead atoms. The van der Waals surface area contributed by atoms with E-state index < -0.39 is 16.4 Å². The maximum absolute atomic E-state index is 11.3. The maximum atomic E-state index is 11.3. The van der Waals surface area contributed by atoms with E-state index in [0.717, 1.165) is 12.8 Å². The normalized spacial score (nSPS) is 11.0. The molecule has 0 fully saturated rings. The number of unbranched alkanes of at least 4 members (excludes halogenated alkanes) is 8. The molecule has 7 heteroatoms. The van der Waals surface area contributed by atoms with Crippen molar-refractivity contribution in [1.29, 1.82) is 0 Å². The van der Waals surface area contributed by atoms with Gasteiger partial charge in [-0.3, -0.25) is 4.79 Å². The minimum atomic E-state index is -4.14. The second kappa shape index (κ2) is 14.3. The number of carbonyl (C=O) groups excluding carboxylic acids is 1. The molecule has 128 valence electrons.